The van der Waals surface area contributed by atoms with Gasteiger partial charge in [-0.3, -0.25) is 0 Å². The van der Waals surface area contributed by atoms with Gasteiger partial charge < -0.3 is 10.5 Å². The lowest BCUT2D eigenvalue weighted by Crippen LogP contribution is -2.41. The maximum atomic E-state index is 12.7. The molecule has 2 heterocycles. The van der Waals surface area contributed by atoms with Crippen molar-refractivity contribution in [3.05, 3.63) is 29.3 Å². The molecule has 2 aliphatic rings. The second-order valence-electron chi connectivity index (χ2n) is 5.84. The van der Waals surface area contributed by atoms with Gasteiger partial charge in [0, 0.05) is 6.54 Å². The van der Waals surface area contributed by atoms with E-state index in [-0.39, 0.29) is 18.2 Å². The summed E-state index contributed by atoms with van der Waals surface area (Å²) in [5.41, 5.74) is 7.28. The van der Waals surface area contributed by atoms with Crippen LogP contribution in [0.25, 0.3) is 0 Å². The lowest BCUT2D eigenvalue weighted by Gasteiger charge is -2.21. The van der Waals surface area contributed by atoms with Crippen LogP contribution in [0.1, 0.15) is 37.3 Å². The monoisotopic (exact) mass is 310 g/mol. The maximum Gasteiger partial charge on any atom is 0.241 e. The molecule has 5 nitrogen and oxygen atoms in total. The maximum absolute atomic E-state index is 12.7. The molecule has 0 radical (unpaired) electrons. The number of hydrogen-bond donors (Lipinski definition) is 2. The summed E-state index contributed by atoms with van der Waals surface area (Å²) < 4.78 is 34.0. The van der Waals surface area contributed by atoms with Crippen LogP contribution in [0, 0.1) is 0 Å². The van der Waals surface area contributed by atoms with E-state index in [1.165, 1.54) is 0 Å². The molecule has 2 aliphatic heterocycles. The molecule has 0 spiro atoms. The molecule has 3 atom stereocenters. The second kappa shape index (κ2) is 5.68. The number of benzene rings is 1. The third kappa shape index (κ3) is 2.85. The molecule has 0 aliphatic carbocycles. The normalized spacial score (nSPS) is 28.2. The predicted molar refractivity (Wildman–Crippen MR) is 80.3 cm³/mol. The van der Waals surface area contributed by atoms with Crippen LogP contribution in [-0.4, -0.2) is 26.7 Å². The highest BCUT2D eigenvalue weighted by molar-refractivity contribution is 7.89. The standard InChI is InChI=1S/C15H22N2O3S/c1-2-11-4-3-10(9-16)7-15(11)21(18,19)17-13-8-12-5-6-14(13)20-12/h3-4,7,12-14,17H,2,5-6,8-9,16H2,1H3. The number of sulfonamides is 1. The number of fused-ring (bicyclic) bond motifs is 2. The number of hydrogen-bond acceptors (Lipinski definition) is 4. The number of rotatable bonds is 5. The molecule has 3 unspecified atom stereocenters. The van der Waals surface area contributed by atoms with E-state index in [0.29, 0.717) is 17.9 Å². The Kier molecular flexibility index (Phi) is 4.05. The first-order chi connectivity index (χ1) is 10.0. The van der Waals surface area contributed by atoms with Gasteiger partial charge in [-0.25, -0.2) is 13.1 Å². The van der Waals surface area contributed by atoms with Gasteiger partial charge in [-0.05, 0) is 42.9 Å². The minimum Gasteiger partial charge on any atom is -0.373 e. The molecule has 1 aromatic rings. The topological polar surface area (TPSA) is 81.4 Å². The average Bonchev–Trinajstić information content (AvgIpc) is 3.08. The minimum absolute atomic E-state index is 0.0348. The van der Waals surface area contributed by atoms with Gasteiger partial charge in [0.2, 0.25) is 10.0 Å². The molecule has 21 heavy (non-hydrogen) atoms. The highest BCUT2D eigenvalue weighted by Crippen LogP contribution is 2.35. The summed E-state index contributed by atoms with van der Waals surface area (Å²) in [6.45, 7) is 2.29. The number of aryl methyl sites for hydroxylation is 1. The molecule has 2 fully saturated rings. The smallest absolute Gasteiger partial charge is 0.241 e. The summed E-state index contributed by atoms with van der Waals surface area (Å²) in [6, 6.07) is 5.34. The van der Waals surface area contributed by atoms with Gasteiger partial charge >= 0.3 is 0 Å². The molecule has 0 amide bonds. The fraction of sp³-hybridized carbons (Fsp3) is 0.600. The van der Waals surface area contributed by atoms with Crippen molar-refractivity contribution in [3.63, 3.8) is 0 Å². The largest absolute Gasteiger partial charge is 0.373 e. The zero-order chi connectivity index (χ0) is 15.0. The molecule has 2 bridgehead atoms. The first kappa shape index (κ1) is 15.0. The molecule has 1 aromatic carbocycles. The van der Waals surface area contributed by atoms with Gasteiger partial charge in [-0.15, -0.1) is 0 Å². The summed E-state index contributed by atoms with van der Waals surface area (Å²) >= 11 is 0. The molecule has 116 valence electrons. The van der Waals surface area contributed by atoms with Crippen LogP contribution in [0.15, 0.2) is 23.1 Å². The van der Waals surface area contributed by atoms with Crippen molar-refractivity contribution in [2.75, 3.05) is 0 Å². The summed E-state index contributed by atoms with van der Waals surface area (Å²) in [4.78, 5) is 0.357. The van der Waals surface area contributed by atoms with E-state index in [1.807, 2.05) is 19.1 Å². The molecule has 3 N–H and O–H groups in total. The summed E-state index contributed by atoms with van der Waals surface area (Å²) in [5.74, 6) is 0. The summed E-state index contributed by atoms with van der Waals surface area (Å²) in [6.07, 6.45) is 3.71. The third-order valence-electron chi connectivity index (χ3n) is 4.45. The Morgan fingerprint density at radius 1 is 1.38 bits per heavy atom. The molecule has 3 rings (SSSR count). The van der Waals surface area contributed by atoms with E-state index in [4.69, 9.17) is 10.5 Å². The van der Waals surface area contributed by atoms with Crippen molar-refractivity contribution < 1.29 is 13.2 Å². The van der Waals surface area contributed by atoms with Crippen LogP contribution in [0.5, 0.6) is 0 Å². The Morgan fingerprint density at radius 2 is 2.19 bits per heavy atom. The lowest BCUT2D eigenvalue weighted by atomic mass is 9.96. The first-order valence-electron chi connectivity index (χ1n) is 7.53. The third-order valence-corrected chi connectivity index (χ3v) is 6.02. The van der Waals surface area contributed by atoms with Gasteiger partial charge in [0.05, 0.1) is 23.1 Å². The van der Waals surface area contributed by atoms with Crippen molar-refractivity contribution in [2.24, 2.45) is 5.73 Å². The van der Waals surface area contributed by atoms with E-state index >= 15 is 0 Å². The van der Waals surface area contributed by atoms with Crippen LogP contribution in [-0.2, 0) is 27.7 Å². The summed E-state index contributed by atoms with van der Waals surface area (Å²) in [7, 11) is -3.53. The fourth-order valence-electron chi connectivity index (χ4n) is 3.29. The number of nitrogens with two attached hydrogens (primary N) is 1. The van der Waals surface area contributed by atoms with Crippen LogP contribution in [0.3, 0.4) is 0 Å². The van der Waals surface area contributed by atoms with Crippen LogP contribution in [0.2, 0.25) is 0 Å². The van der Waals surface area contributed by atoms with Crippen molar-refractivity contribution >= 4 is 10.0 Å². The Labute approximate surface area is 125 Å². The van der Waals surface area contributed by atoms with Crippen LogP contribution >= 0.6 is 0 Å². The van der Waals surface area contributed by atoms with E-state index in [0.717, 1.165) is 30.4 Å². The second-order valence-corrected chi connectivity index (χ2v) is 7.52. The molecule has 0 saturated carbocycles. The van der Waals surface area contributed by atoms with Crippen molar-refractivity contribution in [1.29, 1.82) is 0 Å². The van der Waals surface area contributed by atoms with Gasteiger partial charge in [0.1, 0.15) is 0 Å². The zero-order valence-corrected chi connectivity index (χ0v) is 13.0. The van der Waals surface area contributed by atoms with E-state index in [9.17, 15) is 8.42 Å². The molecule has 2 saturated heterocycles. The quantitative estimate of drug-likeness (QED) is 0.859. The Bertz CT molecular complexity index is 630. The highest BCUT2D eigenvalue weighted by atomic mass is 32.2. The van der Waals surface area contributed by atoms with Crippen LogP contribution < -0.4 is 10.5 Å². The first-order valence-corrected chi connectivity index (χ1v) is 9.01. The Morgan fingerprint density at radius 3 is 2.76 bits per heavy atom. The lowest BCUT2D eigenvalue weighted by molar-refractivity contribution is 0.0996. The van der Waals surface area contributed by atoms with Gasteiger partial charge in [0.15, 0.2) is 0 Å². The molecule has 6 heteroatoms. The van der Waals surface area contributed by atoms with E-state index < -0.39 is 10.0 Å². The van der Waals surface area contributed by atoms with Crippen molar-refractivity contribution in [2.45, 2.75) is 62.3 Å². The highest BCUT2D eigenvalue weighted by Gasteiger charge is 2.42. The minimum atomic E-state index is -3.53. The zero-order valence-electron chi connectivity index (χ0n) is 12.2. The fourth-order valence-corrected chi connectivity index (χ4v) is 4.93. The average molecular weight is 310 g/mol. The molecular formula is C15H22N2O3S. The predicted octanol–water partition coefficient (Wildman–Crippen LogP) is 1.31. The van der Waals surface area contributed by atoms with Crippen molar-refractivity contribution in [3.8, 4) is 0 Å². The van der Waals surface area contributed by atoms with E-state index in [1.54, 1.807) is 6.07 Å². The Balaban J connectivity index is 1.87. The summed E-state index contributed by atoms with van der Waals surface area (Å²) in [5, 5.41) is 0. The Hall–Kier alpha value is -0.950. The molecular weight excluding hydrogens is 288 g/mol. The van der Waals surface area contributed by atoms with Crippen molar-refractivity contribution in [1.82, 2.24) is 4.72 Å². The number of nitrogens with one attached hydrogen (secondary N) is 1. The number of ether oxygens (including phenoxy) is 1. The van der Waals surface area contributed by atoms with Gasteiger partial charge in [-0.1, -0.05) is 19.1 Å². The van der Waals surface area contributed by atoms with Gasteiger partial charge in [0.25, 0.3) is 0 Å². The molecule has 0 aromatic heterocycles. The SMILES string of the molecule is CCc1ccc(CN)cc1S(=O)(=O)NC1CC2CCC1O2. The van der Waals surface area contributed by atoms with E-state index in [2.05, 4.69) is 4.72 Å². The van der Waals surface area contributed by atoms with Crippen LogP contribution in [0.4, 0.5) is 0 Å². The van der Waals surface area contributed by atoms with Gasteiger partial charge in [-0.2, -0.15) is 0 Å².